The molecule has 0 atom stereocenters. The zero-order chi connectivity index (χ0) is 4.99. The lowest BCUT2D eigenvalue weighted by Crippen LogP contribution is -2.09. The first-order valence-electron chi connectivity index (χ1n) is 1.74. The van der Waals surface area contributed by atoms with Crippen LogP contribution in [0.15, 0.2) is 0 Å². The minimum atomic E-state index is -1.18. The summed E-state index contributed by atoms with van der Waals surface area (Å²) in [6.07, 6.45) is 0.350. The van der Waals surface area contributed by atoms with Gasteiger partial charge in [0.1, 0.15) is 0 Å². The molecule has 0 aliphatic rings. The minimum absolute atomic E-state index is 0.350. The molecule has 0 rings (SSSR count). The SMILES string of the molecule is OB(O)CCS. The molecule has 0 aromatic carbocycles. The molecule has 0 aromatic heterocycles. The van der Waals surface area contributed by atoms with E-state index < -0.39 is 7.12 Å². The highest BCUT2D eigenvalue weighted by molar-refractivity contribution is 7.80. The summed E-state index contributed by atoms with van der Waals surface area (Å²) in [4.78, 5) is 0. The van der Waals surface area contributed by atoms with Crippen LogP contribution in [0.2, 0.25) is 6.32 Å². The van der Waals surface area contributed by atoms with E-state index in [-0.39, 0.29) is 0 Å². The molecule has 0 unspecified atom stereocenters. The van der Waals surface area contributed by atoms with E-state index in [9.17, 15) is 0 Å². The van der Waals surface area contributed by atoms with Gasteiger partial charge in [-0.3, -0.25) is 0 Å². The van der Waals surface area contributed by atoms with Crippen molar-refractivity contribution in [1.29, 1.82) is 0 Å². The number of thiol groups is 1. The second kappa shape index (κ2) is 3.52. The first-order valence-corrected chi connectivity index (χ1v) is 2.37. The third-order valence-electron chi connectivity index (χ3n) is 0.387. The Kier molecular flexibility index (Phi) is 3.72. The van der Waals surface area contributed by atoms with Crippen molar-refractivity contribution in [2.75, 3.05) is 5.75 Å². The maximum atomic E-state index is 8.06. The molecular weight excluding hydrogens is 98.9 g/mol. The fourth-order valence-corrected chi connectivity index (χ4v) is 0.346. The highest BCUT2D eigenvalue weighted by Gasteiger charge is 2.01. The van der Waals surface area contributed by atoms with Gasteiger partial charge < -0.3 is 10.0 Å². The topological polar surface area (TPSA) is 40.5 Å². The third kappa shape index (κ3) is 4.33. The second-order valence-electron chi connectivity index (χ2n) is 0.993. The van der Waals surface area contributed by atoms with Crippen LogP contribution in [-0.2, 0) is 0 Å². The molecule has 0 aromatic rings. The lowest BCUT2D eigenvalue weighted by molar-refractivity contribution is 0.408. The Morgan fingerprint density at radius 2 is 2.00 bits per heavy atom. The van der Waals surface area contributed by atoms with Gasteiger partial charge in [0.25, 0.3) is 0 Å². The van der Waals surface area contributed by atoms with Gasteiger partial charge in [0.2, 0.25) is 0 Å². The second-order valence-corrected chi connectivity index (χ2v) is 1.44. The number of hydrogen-bond donors (Lipinski definition) is 3. The van der Waals surface area contributed by atoms with E-state index in [2.05, 4.69) is 12.6 Å². The van der Waals surface area contributed by atoms with Crippen LogP contribution in [0.25, 0.3) is 0 Å². The Labute approximate surface area is 42.7 Å². The zero-order valence-corrected chi connectivity index (χ0v) is 4.23. The maximum absolute atomic E-state index is 8.06. The van der Waals surface area contributed by atoms with Crippen LogP contribution in [0.1, 0.15) is 0 Å². The lowest BCUT2D eigenvalue weighted by atomic mass is 9.88. The van der Waals surface area contributed by atoms with E-state index in [1.165, 1.54) is 0 Å². The Balaban J connectivity index is 2.63. The van der Waals surface area contributed by atoms with Gasteiger partial charge >= 0.3 is 7.12 Å². The number of hydrogen-bond acceptors (Lipinski definition) is 3. The fourth-order valence-electron chi connectivity index (χ4n) is 0.115. The van der Waals surface area contributed by atoms with Gasteiger partial charge in [-0.25, -0.2) is 0 Å². The summed E-state index contributed by atoms with van der Waals surface area (Å²) in [5.74, 6) is 0.525. The lowest BCUT2D eigenvalue weighted by Gasteiger charge is -1.87. The molecule has 0 heterocycles. The van der Waals surface area contributed by atoms with Crippen LogP contribution in [0.4, 0.5) is 0 Å². The molecule has 0 amide bonds. The van der Waals surface area contributed by atoms with Crippen LogP contribution in [0.5, 0.6) is 0 Å². The molecule has 0 aliphatic carbocycles. The molecule has 2 N–H and O–H groups in total. The van der Waals surface area contributed by atoms with Crippen molar-refractivity contribution in [3.8, 4) is 0 Å². The summed E-state index contributed by atoms with van der Waals surface area (Å²) in [5, 5.41) is 16.1. The van der Waals surface area contributed by atoms with Gasteiger partial charge in [-0.05, 0) is 12.1 Å². The summed E-state index contributed by atoms with van der Waals surface area (Å²) < 4.78 is 0. The van der Waals surface area contributed by atoms with Crippen LogP contribution in [-0.4, -0.2) is 22.9 Å². The molecule has 0 radical (unpaired) electrons. The predicted octanol–water partition coefficient (Wildman–Crippen LogP) is -0.611. The van der Waals surface area contributed by atoms with Crippen molar-refractivity contribution in [2.45, 2.75) is 6.32 Å². The van der Waals surface area contributed by atoms with Gasteiger partial charge in [0.05, 0.1) is 0 Å². The summed E-state index contributed by atoms with van der Waals surface area (Å²) in [5.41, 5.74) is 0. The predicted molar refractivity (Wildman–Crippen MR) is 28.9 cm³/mol. The van der Waals surface area contributed by atoms with Crippen LogP contribution in [0.3, 0.4) is 0 Å². The third-order valence-corrected chi connectivity index (χ3v) is 0.645. The molecular formula is C2H7BO2S. The van der Waals surface area contributed by atoms with Crippen molar-refractivity contribution in [3.05, 3.63) is 0 Å². The molecule has 0 fully saturated rings. The first kappa shape index (κ1) is 6.33. The summed E-state index contributed by atoms with van der Waals surface area (Å²) in [7, 11) is -1.18. The molecule has 0 saturated carbocycles. The van der Waals surface area contributed by atoms with Gasteiger partial charge in [-0.1, -0.05) is 0 Å². The smallest absolute Gasteiger partial charge is 0.427 e. The van der Waals surface area contributed by atoms with E-state index in [4.69, 9.17) is 10.0 Å². The van der Waals surface area contributed by atoms with Crippen molar-refractivity contribution < 1.29 is 10.0 Å². The van der Waals surface area contributed by atoms with Crippen LogP contribution in [0, 0.1) is 0 Å². The quantitative estimate of drug-likeness (QED) is 0.324. The molecule has 0 spiro atoms. The number of rotatable bonds is 2. The zero-order valence-electron chi connectivity index (χ0n) is 3.33. The summed E-state index contributed by atoms with van der Waals surface area (Å²) >= 11 is 3.74. The van der Waals surface area contributed by atoms with Crippen molar-refractivity contribution in [3.63, 3.8) is 0 Å². The molecule has 2 nitrogen and oxygen atoms in total. The Morgan fingerprint density at radius 1 is 1.50 bits per heavy atom. The van der Waals surface area contributed by atoms with Crippen LogP contribution >= 0.6 is 12.6 Å². The van der Waals surface area contributed by atoms with E-state index in [0.717, 1.165) is 0 Å². The van der Waals surface area contributed by atoms with E-state index in [1.54, 1.807) is 0 Å². The Hall–Kier alpha value is 0.335. The van der Waals surface area contributed by atoms with Gasteiger partial charge in [0, 0.05) is 0 Å². The maximum Gasteiger partial charge on any atom is 0.452 e. The average molecular weight is 106 g/mol. The Bertz CT molecular complexity index is 32.7. The van der Waals surface area contributed by atoms with Gasteiger partial charge in [-0.15, -0.1) is 0 Å². The molecule has 0 saturated heterocycles. The summed E-state index contributed by atoms with van der Waals surface area (Å²) in [6, 6.07) is 0. The van der Waals surface area contributed by atoms with Gasteiger partial charge in [-0.2, -0.15) is 12.6 Å². The molecule has 0 bridgehead atoms. The average Bonchev–Trinajstić information content (AvgIpc) is 1.35. The van der Waals surface area contributed by atoms with E-state index >= 15 is 0 Å². The van der Waals surface area contributed by atoms with Gasteiger partial charge in [0.15, 0.2) is 0 Å². The molecule has 6 heavy (non-hydrogen) atoms. The minimum Gasteiger partial charge on any atom is -0.427 e. The van der Waals surface area contributed by atoms with E-state index in [0.29, 0.717) is 12.1 Å². The fraction of sp³-hybridized carbons (Fsp3) is 1.00. The van der Waals surface area contributed by atoms with Crippen LogP contribution < -0.4 is 0 Å². The monoisotopic (exact) mass is 106 g/mol. The molecule has 0 aliphatic heterocycles. The standard InChI is InChI=1S/C2H7BO2S/c4-3(5)1-2-6/h4-6H,1-2H2. The first-order chi connectivity index (χ1) is 2.77. The normalized spacial score (nSPS) is 8.50. The van der Waals surface area contributed by atoms with Crippen molar-refractivity contribution >= 4 is 19.7 Å². The van der Waals surface area contributed by atoms with Crippen molar-refractivity contribution in [2.24, 2.45) is 0 Å². The van der Waals surface area contributed by atoms with E-state index in [1.807, 2.05) is 0 Å². The molecule has 4 heteroatoms. The largest absolute Gasteiger partial charge is 0.452 e. The highest BCUT2D eigenvalue weighted by atomic mass is 32.1. The summed E-state index contributed by atoms with van der Waals surface area (Å²) in [6.45, 7) is 0. The molecule has 36 valence electrons. The Morgan fingerprint density at radius 3 is 2.00 bits per heavy atom. The van der Waals surface area contributed by atoms with Crippen molar-refractivity contribution in [1.82, 2.24) is 0 Å². The highest BCUT2D eigenvalue weighted by Crippen LogP contribution is 1.84.